The number of hydrogen-bond acceptors (Lipinski definition) is 4. The number of hydrogen-bond donors (Lipinski definition) is 2. The number of nitrogens with one attached hydrogen (secondary N) is 1. The smallest absolute Gasteiger partial charge is 0.416 e. The monoisotopic (exact) mass is 580 g/mol. The third-order valence-electron chi connectivity index (χ3n) is 7.01. The van der Waals surface area contributed by atoms with Crippen LogP contribution in [0.2, 0.25) is 0 Å². The molecule has 1 aliphatic rings. The Kier molecular flexibility index (Phi) is 7.55. The van der Waals surface area contributed by atoms with Crippen molar-refractivity contribution in [2.45, 2.75) is 31.5 Å². The summed E-state index contributed by atoms with van der Waals surface area (Å²) in [5.41, 5.74) is -0.0134. The minimum absolute atomic E-state index is 0.100. The van der Waals surface area contributed by atoms with Crippen molar-refractivity contribution in [2.24, 2.45) is 0 Å². The molecule has 5 rings (SSSR count). The second-order valence-corrected chi connectivity index (χ2v) is 9.64. The maximum absolute atomic E-state index is 14.1. The van der Waals surface area contributed by atoms with Crippen LogP contribution in [0.5, 0.6) is 0 Å². The molecule has 1 aromatic heterocycles. The minimum atomic E-state index is -4.70. The van der Waals surface area contributed by atoms with Gasteiger partial charge in [-0.05, 0) is 55.0 Å². The highest BCUT2D eigenvalue weighted by Crippen LogP contribution is 2.44. The van der Waals surface area contributed by atoms with Gasteiger partial charge in [0.25, 0.3) is 11.8 Å². The third kappa shape index (κ3) is 5.35. The first-order valence-corrected chi connectivity index (χ1v) is 12.9. The molecule has 0 saturated heterocycles. The van der Waals surface area contributed by atoms with E-state index in [1.807, 2.05) is 0 Å². The van der Waals surface area contributed by atoms with Crippen LogP contribution in [0.25, 0.3) is 5.69 Å². The van der Waals surface area contributed by atoms with Gasteiger partial charge in [-0.2, -0.15) is 18.3 Å². The quantitative estimate of drug-likeness (QED) is 0.301. The predicted molar refractivity (Wildman–Crippen MR) is 144 cm³/mol. The number of carboxylic acid groups (broad SMARTS) is 1. The Balaban J connectivity index is 1.70. The second-order valence-electron chi connectivity index (χ2n) is 9.64. The van der Waals surface area contributed by atoms with Crippen LogP contribution in [0.4, 0.5) is 23.4 Å². The van der Waals surface area contributed by atoms with Crippen molar-refractivity contribution in [3.63, 3.8) is 0 Å². The lowest BCUT2D eigenvalue weighted by Gasteiger charge is -2.38. The van der Waals surface area contributed by atoms with Crippen molar-refractivity contribution < 1.29 is 37.1 Å². The van der Waals surface area contributed by atoms with Gasteiger partial charge >= 0.3 is 12.1 Å². The molecule has 2 N–H and O–H groups in total. The van der Waals surface area contributed by atoms with Crippen LogP contribution >= 0.6 is 0 Å². The number of aromatic nitrogens is 2. The average molecular weight is 581 g/mol. The van der Waals surface area contributed by atoms with E-state index in [2.05, 4.69) is 10.4 Å². The number of anilines is 1. The highest BCUT2D eigenvalue weighted by Gasteiger charge is 2.46. The number of halogens is 4. The molecule has 0 saturated carbocycles. The zero-order chi connectivity index (χ0) is 30.2. The molecule has 42 heavy (non-hydrogen) atoms. The van der Waals surface area contributed by atoms with E-state index >= 15 is 0 Å². The fourth-order valence-electron chi connectivity index (χ4n) is 5.19. The van der Waals surface area contributed by atoms with Crippen LogP contribution in [-0.4, -0.2) is 45.3 Å². The Hall–Kier alpha value is -5.00. The summed E-state index contributed by atoms with van der Waals surface area (Å²) in [5.74, 6) is -4.06. The van der Waals surface area contributed by atoms with Gasteiger partial charge < -0.3 is 10.4 Å². The van der Waals surface area contributed by atoms with Gasteiger partial charge in [0.1, 0.15) is 17.7 Å². The lowest BCUT2D eigenvalue weighted by Crippen LogP contribution is -2.55. The molecule has 216 valence electrons. The predicted octanol–water partition coefficient (Wildman–Crippen LogP) is 4.95. The van der Waals surface area contributed by atoms with E-state index in [9.17, 15) is 37.1 Å². The van der Waals surface area contributed by atoms with Crippen LogP contribution in [0.15, 0.2) is 78.9 Å². The molecule has 0 spiro atoms. The maximum atomic E-state index is 14.1. The van der Waals surface area contributed by atoms with Crippen molar-refractivity contribution in [1.29, 1.82) is 0 Å². The van der Waals surface area contributed by atoms with Crippen LogP contribution < -0.4 is 10.2 Å². The Labute approximate surface area is 237 Å². The van der Waals surface area contributed by atoms with E-state index in [0.29, 0.717) is 22.9 Å². The zero-order valence-electron chi connectivity index (χ0n) is 22.1. The Morgan fingerprint density at radius 1 is 1.00 bits per heavy atom. The summed E-state index contributed by atoms with van der Waals surface area (Å²) in [4.78, 5) is 40.7. The van der Waals surface area contributed by atoms with Gasteiger partial charge in [-0.3, -0.25) is 19.3 Å². The summed E-state index contributed by atoms with van der Waals surface area (Å²) in [7, 11) is 0. The molecule has 2 heterocycles. The molecule has 2 atom stereocenters. The first-order valence-electron chi connectivity index (χ1n) is 12.9. The lowest BCUT2D eigenvalue weighted by atomic mass is 9.80. The van der Waals surface area contributed by atoms with Gasteiger partial charge in [-0.15, -0.1) is 0 Å². The van der Waals surface area contributed by atoms with E-state index < -0.39 is 53.7 Å². The summed E-state index contributed by atoms with van der Waals surface area (Å²) in [6.45, 7) is 1.79. The van der Waals surface area contributed by atoms with Crippen molar-refractivity contribution >= 4 is 23.6 Å². The van der Waals surface area contributed by atoms with Crippen LogP contribution in [0.3, 0.4) is 0 Å². The van der Waals surface area contributed by atoms with E-state index in [1.165, 1.54) is 27.8 Å². The number of likely N-dealkylation sites (N-methyl/N-ethyl adjacent to an activating group) is 1. The number of carboxylic acids is 1. The SMILES string of the molecule is CCN1C(=O)[C@@H](NC(=O)c2cccc(C(F)(F)F)c2)[C@H](c2ccc(F)cc2)c2c(CC(=O)O)nn(-c3ccccc3)c21. The summed E-state index contributed by atoms with van der Waals surface area (Å²) in [5, 5.41) is 16.9. The van der Waals surface area contributed by atoms with Crippen LogP contribution in [-0.2, 0) is 22.2 Å². The van der Waals surface area contributed by atoms with E-state index in [0.717, 1.165) is 24.3 Å². The molecule has 0 bridgehead atoms. The summed E-state index contributed by atoms with van der Waals surface area (Å²) >= 11 is 0. The van der Waals surface area contributed by atoms with Gasteiger partial charge in [-0.25, -0.2) is 9.07 Å². The number of benzene rings is 3. The summed E-state index contributed by atoms with van der Waals surface area (Å²) in [6.07, 6.45) is -5.22. The number of carbonyl (C=O) groups is 3. The molecule has 2 amide bonds. The average Bonchev–Trinajstić information content (AvgIpc) is 3.32. The third-order valence-corrected chi connectivity index (χ3v) is 7.01. The number of para-hydroxylation sites is 1. The Bertz CT molecular complexity index is 1650. The molecule has 0 radical (unpaired) electrons. The first-order chi connectivity index (χ1) is 20.0. The standard InChI is InChI=1S/C30H24F4N4O4/c1-2-37-28-25(22(16-23(39)40)36-38(28)21-9-4-3-5-10-21)24(17-11-13-20(31)14-12-17)26(29(37)42)35-27(41)18-7-6-8-19(15-18)30(32,33)34/h3-15,24,26H,2,16H2,1H3,(H,35,41)(H,39,40)/t24-,26+/m1/s1. The topological polar surface area (TPSA) is 105 Å². The molecule has 8 nitrogen and oxygen atoms in total. The molecule has 3 aromatic carbocycles. The maximum Gasteiger partial charge on any atom is 0.416 e. The number of alkyl halides is 3. The lowest BCUT2D eigenvalue weighted by molar-refractivity contribution is -0.138. The fraction of sp³-hybridized carbons (Fsp3) is 0.200. The second kappa shape index (κ2) is 11.1. The summed E-state index contributed by atoms with van der Waals surface area (Å²) in [6, 6.07) is 16.3. The van der Waals surface area contributed by atoms with Gasteiger partial charge in [0.2, 0.25) is 0 Å². The van der Waals surface area contributed by atoms with Crippen molar-refractivity contribution in [1.82, 2.24) is 15.1 Å². The number of fused-ring (bicyclic) bond motifs is 1. The van der Waals surface area contributed by atoms with Gasteiger partial charge in [0, 0.05) is 23.6 Å². The highest BCUT2D eigenvalue weighted by molar-refractivity contribution is 6.05. The van der Waals surface area contributed by atoms with Gasteiger partial charge in [0.05, 0.1) is 23.4 Å². The number of nitrogens with zero attached hydrogens (tertiary/aromatic N) is 3. The first kappa shape index (κ1) is 28.5. The minimum Gasteiger partial charge on any atom is -0.481 e. The fourth-order valence-corrected chi connectivity index (χ4v) is 5.19. The van der Waals surface area contributed by atoms with Gasteiger partial charge in [0.15, 0.2) is 0 Å². The molecular weight excluding hydrogens is 556 g/mol. The zero-order valence-corrected chi connectivity index (χ0v) is 22.1. The van der Waals surface area contributed by atoms with E-state index in [1.54, 1.807) is 37.3 Å². The van der Waals surface area contributed by atoms with E-state index in [-0.39, 0.29) is 23.6 Å². The normalized spacial score (nSPS) is 16.7. The number of amides is 2. The molecule has 0 fully saturated rings. The molecule has 4 aromatic rings. The number of carbonyl (C=O) groups excluding carboxylic acids is 2. The van der Waals surface area contributed by atoms with E-state index in [4.69, 9.17) is 0 Å². The molecular formula is C30H24F4N4O4. The van der Waals surface area contributed by atoms with Crippen molar-refractivity contribution in [3.05, 3.63) is 113 Å². The summed E-state index contributed by atoms with van der Waals surface area (Å²) < 4.78 is 55.4. The number of aliphatic carboxylic acids is 1. The molecule has 0 aliphatic carbocycles. The number of rotatable bonds is 7. The molecule has 12 heteroatoms. The highest BCUT2D eigenvalue weighted by atomic mass is 19.4. The van der Waals surface area contributed by atoms with Gasteiger partial charge in [-0.1, -0.05) is 36.4 Å². The largest absolute Gasteiger partial charge is 0.481 e. The Morgan fingerprint density at radius 3 is 2.31 bits per heavy atom. The Morgan fingerprint density at radius 2 is 1.69 bits per heavy atom. The molecule has 1 aliphatic heterocycles. The van der Waals surface area contributed by atoms with Crippen LogP contribution in [0.1, 0.15) is 45.6 Å². The van der Waals surface area contributed by atoms with Crippen molar-refractivity contribution in [2.75, 3.05) is 11.4 Å². The van der Waals surface area contributed by atoms with Crippen LogP contribution in [0, 0.1) is 5.82 Å². The van der Waals surface area contributed by atoms with Crippen molar-refractivity contribution in [3.8, 4) is 5.69 Å². The molecule has 0 unspecified atom stereocenters.